The molecule has 19 heavy (non-hydrogen) atoms. The van der Waals surface area contributed by atoms with Crippen molar-refractivity contribution in [2.24, 2.45) is 5.92 Å². The Labute approximate surface area is 115 Å². The summed E-state index contributed by atoms with van der Waals surface area (Å²) in [7, 11) is 1.70. The summed E-state index contributed by atoms with van der Waals surface area (Å²) in [5.41, 5.74) is 2.72. The van der Waals surface area contributed by atoms with Gasteiger partial charge in [0.05, 0.1) is 12.7 Å². The molecule has 3 rings (SSSR count). The average Bonchev–Trinajstić information content (AvgIpc) is 2.82. The molecule has 0 saturated carbocycles. The molecule has 2 heterocycles. The average molecular weight is 261 g/mol. The Morgan fingerprint density at radius 2 is 2.05 bits per heavy atom. The molecule has 3 nitrogen and oxygen atoms in total. The van der Waals surface area contributed by atoms with Crippen LogP contribution in [0.3, 0.4) is 0 Å². The van der Waals surface area contributed by atoms with Gasteiger partial charge in [-0.25, -0.2) is 0 Å². The summed E-state index contributed by atoms with van der Waals surface area (Å²) in [5.74, 6) is 1.29. The quantitative estimate of drug-likeness (QED) is 0.886. The zero-order chi connectivity index (χ0) is 13.6. The molecule has 2 bridgehead atoms. The second-order valence-electron chi connectivity index (χ2n) is 6.10. The van der Waals surface area contributed by atoms with Crippen molar-refractivity contribution in [3.8, 4) is 5.75 Å². The van der Waals surface area contributed by atoms with E-state index in [1.165, 1.54) is 0 Å². The minimum absolute atomic E-state index is 0.382. The number of aryl methyl sites for hydroxylation is 2. The fourth-order valence-electron chi connectivity index (χ4n) is 3.79. The molecule has 1 aromatic carbocycles. The van der Waals surface area contributed by atoms with Crippen LogP contribution in [0, 0.1) is 19.8 Å². The van der Waals surface area contributed by atoms with Gasteiger partial charge < -0.3 is 14.7 Å². The minimum atomic E-state index is -0.645. The van der Waals surface area contributed by atoms with Crippen LogP contribution in [-0.2, 0) is 5.60 Å². The van der Waals surface area contributed by atoms with Crippen molar-refractivity contribution < 1.29 is 9.84 Å². The van der Waals surface area contributed by atoms with Crippen LogP contribution in [0.5, 0.6) is 5.75 Å². The zero-order valence-corrected chi connectivity index (χ0v) is 12.1. The Kier molecular flexibility index (Phi) is 3.06. The molecule has 104 valence electrons. The first-order valence-electron chi connectivity index (χ1n) is 7.15. The second-order valence-corrected chi connectivity index (χ2v) is 6.10. The summed E-state index contributed by atoms with van der Waals surface area (Å²) in [6, 6.07) is 4.19. The van der Waals surface area contributed by atoms with Crippen LogP contribution in [0.4, 0.5) is 0 Å². The SMILES string of the molecule is COc1cc(C)c(C2(O)CCN3CCC2C3)cc1C. The smallest absolute Gasteiger partial charge is 0.122 e. The van der Waals surface area contributed by atoms with E-state index in [1.807, 2.05) is 0 Å². The Morgan fingerprint density at radius 3 is 2.79 bits per heavy atom. The molecule has 2 fully saturated rings. The van der Waals surface area contributed by atoms with Gasteiger partial charge in [-0.15, -0.1) is 0 Å². The van der Waals surface area contributed by atoms with Crippen molar-refractivity contribution >= 4 is 0 Å². The molecule has 0 aromatic heterocycles. The maximum absolute atomic E-state index is 11.2. The lowest BCUT2D eigenvalue weighted by Gasteiger charge is -2.40. The lowest BCUT2D eigenvalue weighted by Crippen LogP contribution is -2.44. The molecular formula is C16H23NO2. The maximum atomic E-state index is 11.2. The van der Waals surface area contributed by atoms with Gasteiger partial charge in [-0.05, 0) is 62.1 Å². The third-order valence-electron chi connectivity index (χ3n) is 4.97. The number of fused-ring (bicyclic) bond motifs is 2. The molecule has 2 saturated heterocycles. The van der Waals surface area contributed by atoms with Crippen molar-refractivity contribution in [2.75, 3.05) is 26.7 Å². The number of aliphatic hydroxyl groups is 1. The van der Waals surface area contributed by atoms with Crippen molar-refractivity contribution in [3.63, 3.8) is 0 Å². The van der Waals surface area contributed by atoms with Crippen molar-refractivity contribution in [1.82, 2.24) is 4.90 Å². The van der Waals surface area contributed by atoms with Crippen LogP contribution in [0.25, 0.3) is 0 Å². The standard InChI is InChI=1S/C16H23NO2/c1-11-9-15(19-3)12(2)8-14(11)16(18)5-7-17-6-4-13(16)10-17/h8-9,13,18H,4-7,10H2,1-3H3. The van der Waals surface area contributed by atoms with Crippen LogP contribution in [0.2, 0.25) is 0 Å². The lowest BCUT2D eigenvalue weighted by molar-refractivity contribution is -0.0507. The number of ether oxygens (including phenoxy) is 1. The van der Waals surface area contributed by atoms with Crippen LogP contribution < -0.4 is 4.74 Å². The van der Waals surface area contributed by atoms with Gasteiger partial charge in [0.15, 0.2) is 0 Å². The van der Waals surface area contributed by atoms with E-state index in [-0.39, 0.29) is 0 Å². The van der Waals surface area contributed by atoms with Gasteiger partial charge in [-0.3, -0.25) is 0 Å². The number of benzene rings is 1. The first-order valence-corrected chi connectivity index (χ1v) is 7.15. The predicted octanol–water partition coefficient (Wildman–Crippen LogP) is 2.23. The van der Waals surface area contributed by atoms with E-state index < -0.39 is 5.60 Å². The summed E-state index contributed by atoms with van der Waals surface area (Å²) in [4.78, 5) is 2.46. The highest BCUT2D eigenvalue weighted by molar-refractivity contribution is 5.44. The van der Waals surface area contributed by atoms with Crippen molar-refractivity contribution in [1.29, 1.82) is 0 Å². The van der Waals surface area contributed by atoms with E-state index in [0.29, 0.717) is 5.92 Å². The molecule has 1 aromatic rings. The Balaban J connectivity index is 2.03. The molecule has 0 aliphatic carbocycles. The van der Waals surface area contributed by atoms with Gasteiger partial charge in [0.2, 0.25) is 0 Å². The third-order valence-corrected chi connectivity index (χ3v) is 4.97. The molecule has 0 spiro atoms. The van der Waals surface area contributed by atoms with Gasteiger partial charge in [0.1, 0.15) is 5.75 Å². The van der Waals surface area contributed by atoms with Gasteiger partial charge in [-0.2, -0.15) is 0 Å². The molecule has 0 radical (unpaired) electrons. The van der Waals surface area contributed by atoms with Crippen LogP contribution in [0.15, 0.2) is 12.1 Å². The minimum Gasteiger partial charge on any atom is -0.496 e. The van der Waals surface area contributed by atoms with Gasteiger partial charge in [0, 0.05) is 19.0 Å². The Morgan fingerprint density at radius 1 is 1.26 bits per heavy atom. The molecule has 2 aliphatic heterocycles. The normalized spacial score (nSPS) is 33.5. The second kappa shape index (κ2) is 4.50. The maximum Gasteiger partial charge on any atom is 0.122 e. The first kappa shape index (κ1) is 12.9. The molecule has 3 heteroatoms. The van der Waals surface area contributed by atoms with E-state index in [4.69, 9.17) is 4.74 Å². The topological polar surface area (TPSA) is 32.7 Å². The summed E-state index contributed by atoms with van der Waals surface area (Å²) < 4.78 is 5.37. The van der Waals surface area contributed by atoms with Gasteiger partial charge >= 0.3 is 0 Å². The molecule has 2 aliphatic rings. The fourth-order valence-corrected chi connectivity index (χ4v) is 3.79. The van der Waals surface area contributed by atoms with E-state index in [1.54, 1.807) is 7.11 Å². The predicted molar refractivity (Wildman–Crippen MR) is 75.5 cm³/mol. The number of rotatable bonds is 2. The van der Waals surface area contributed by atoms with Gasteiger partial charge in [0.25, 0.3) is 0 Å². The summed E-state index contributed by atoms with van der Waals surface area (Å²) in [5, 5.41) is 11.2. The summed E-state index contributed by atoms with van der Waals surface area (Å²) >= 11 is 0. The first-order chi connectivity index (χ1) is 9.04. The fraction of sp³-hybridized carbons (Fsp3) is 0.625. The van der Waals surface area contributed by atoms with Crippen LogP contribution >= 0.6 is 0 Å². The molecular weight excluding hydrogens is 238 g/mol. The summed E-state index contributed by atoms with van der Waals surface area (Å²) in [6.07, 6.45) is 1.96. The van der Waals surface area contributed by atoms with Crippen molar-refractivity contribution in [2.45, 2.75) is 32.3 Å². The number of methoxy groups -OCH3 is 1. The van der Waals surface area contributed by atoms with E-state index in [9.17, 15) is 5.11 Å². The highest BCUT2D eigenvalue weighted by Crippen LogP contribution is 2.44. The number of hydrogen-bond donors (Lipinski definition) is 1. The van der Waals surface area contributed by atoms with Gasteiger partial charge in [-0.1, -0.05) is 0 Å². The largest absolute Gasteiger partial charge is 0.496 e. The molecule has 3 atom stereocenters. The Hall–Kier alpha value is -1.06. The number of piperidine rings is 1. The number of nitrogens with zero attached hydrogens (tertiary/aromatic N) is 1. The molecule has 1 N–H and O–H groups in total. The molecule has 0 amide bonds. The highest BCUT2D eigenvalue weighted by Gasteiger charge is 2.46. The van der Waals surface area contributed by atoms with E-state index >= 15 is 0 Å². The number of hydrogen-bond acceptors (Lipinski definition) is 3. The van der Waals surface area contributed by atoms with Crippen LogP contribution in [-0.4, -0.2) is 36.8 Å². The third kappa shape index (κ3) is 1.96. The zero-order valence-electron chi connectivity index (χ0n) is 12.1. The Bertz CT molecular complexity index is 500. The van der Waals surface area contributed by atoms with Crippen LogP contribution in [0.1, 0.15) is 29.5 Å². The van der Waals surface area contributed by atoms with Crippen molar-refractivity contribution in [3.05, 3.63) is 28.8 Å². The summed E-state index contributed by atoms with van der Waals surface area (Å²) in [6.45, 7) is 7.32. The van der Waals surface area contributed by atoms with E-state index in [0.717, 1.165) is 54.9 Å². The lowest BCUT2D eigenvalue weighted by atomic mass is 9.75. The highest BCUT2D eigenvalue weighted by atomic mass is 16.5. The van der Waals surface area contributed by atoms with E-state index in [2.05, 4.69) is 30.9 Å². The molecule has 3 unspecified atom stereocenters. The monoisotopic (exact) mass is 261 g/mol.